The molecular weight excluding hydrogens is 354 g/mol. The number of hydrogen-bond donors (Lipinski definition) is 1. The van der Waals surface area contributed by atoms with Crippen molar-refractivity contribution in [3.05, 3.63) is 54.1 Å². The molecule has 0 unspecified atom stereocenters. The fourth-order valence-electron chi connectivity index (χ4n) is 3.97. The second-order valence-corrected chi connectivity index (χ2v) is 7.13. The molecule has 0 fully saturated rings. The fraction of sp³-hybridized carbons (Fsp3) is 0.333. The van der Waals surface area contributed by atoms with Crippen LogP contribution in [0.2, 0.25) is 0 Å². The van der Waals surface area contributed by atoms with Gasteiger partial charge in [0.2, 0.25) is 0 Å². The number of rotatable bonds is 5. The first-order valence-corrected chi connectivity index (χ1v) is 9.48. The third kappa shape index (κ3) is 2.83. The number of imidazole rings is 2. The Bertz CT molecular complexity index is 1150. The molecule has 1 aliphatic heterocycles. The lowest BCUT2D eigenvalue weighted by Crippen LogP contribution is -2.33. The van der Waals surface area contributed by atoms with Crippen molar-refractivity contribution in [3.63, 3.8) is 0 Å². The zero-order chi connectivity index (χ0) is 19.1. The summed E-state index contributed by atoms with van der Waals surface area (Å²) in [5, 5.41) is 3.55. The highest BCUT2D eigenvalue weighted by Crippen LogP contribution is 2.28. The lowest BCUT2D eigenvalue weighted by molar-refractivity contribution is 0.0563. The van der Waals surface area contributed by atoms with Gasteiger partial charge < -0.3 is 23.9 Å². The molecule has 1 atom stereocenters. The molecule has 0 bridgehead atoms. The van der Waals surface area contributed by atoms with Crippen molar-refractivity contribution in [2.75, 3.05) is 20.3 Å². The van der Waals surface area contributed by atoms with Gasteiger partial charge in [-0.2, -0.15) is 0 Å². The summed E-state index contributed by atoms with van der Waals surface area (Å²) >= 11 is 0. The minimum Gasteiger partial charge on any atom is -0.497 e. The lowest BCUT2D eigenvalue weighted by Gasteiger charge is -2.26. The number of fused-ring (bicyclic) bond motifs is 4. The first kappa shape index (κ1) is 17.2. The number of para-hydroxylation sites is 2. The van der Waals surface area contributed by atoms with Crippen LogP contribution >= 0.6 is 0 Å². The quantitative estimate of drug-likeness (QED) is 0.579. The highest BCUT2D eigenvalue weighted by Gasteiger charge is 2.24. The van der Waals surface area contributed by atoms with Crippen molar-refractivity contribution in [3.8, 4) is 5.75 Å². The van der Waals surface area contributed by atoms with Gasteiger partial charge in [-0.3, -0.25) is 0 Å². The highest BCUT2D eigenvalue weighted by molar-refractivity contribution is 5.78. The molecule has 2 aromatic carbocycles. The molecule has 144 valence electrons. The maximum Gasteiger partial charge on any atom is 0.136 e. The molecule has 28 heavy (non-hydrogen) atoms. The summed E-state index contributed by atoms with van der Waals surface area (Å²) in [7, 11) is 3.75. The van der Waals surface area contributed by atoms with Crippen LogP contribution in [0, 0.1) is 0 Å². The standard InChI is InChI=1S/C21H23N5O2/c1-25-18-6-4-3-5-16(18)23-20(25)11-22-10-14-12-28-13-21-24-17-8-7-15(27-2)9-19(17)26(14)21/h3-9,14,22H,10-13H2,1-2H3/t14-/m0/s1. The Morgan fingerprint density at radius 3 is 2.86 bits per heavy atom. The number of hydrogen-bond acceptors (Lipinski definition) is 5. The Hall–Kier alpha value is -2.90. The molecule has 0 aliphatic carbocycles. The van der Waals surface area contributed by atoms with Crippen molar-refractivity contribution in [1.82, 2.24) is 24.4 Å². The summed E-state index contributed by atoms with van der Waals surface area (Å²) in [5.41, 5.74) is 4.24. The molecule has 1 aliphatic rings. The van der Waals surface area contributed by atoms with Gasteiger partial charge in [0, 0.05) is 19.7 Å². The van der Waals surface area contributed by atoms with E-state index in [1.165, 1.54) is 0 Å². The van der Waals surface area contributed by atoms with E-state index >= 15 is 0 Å². The van der Waals surface area contributed by atoms with Gasteiger partial charge in [-0.05, 0) is 24.3 Å². The van der Waals surface area contributed by atoms with Gasteiger partial charge in [0.25, 0.3) is 0 Å². The van der Waals surface area contributed by atoms with Crippen LogP contribution in [0.5, 0.6) is 5.75 Å². The molecule has 2 aromatic heterocycles. The molecule has 4 aromatic rings. The van der Waals surface area contributed by atoms with E-state index in [0.717, 1.165) is 46.0 Å². The molecule has 0 saturated heterocycles. The van der Waals surface area contributed by atoms with Crippen LogP contribution in [-0.2, 0) is 24.9 Å². The van der Waals surface area contributed by atoms with Crippen molar-refractivity contribution in [1.29, 1.82) is 0 Å². The van der Waals surface area contributed by atoms with E-state index in [1.54, 1.807) is 7.11 Å². The Balaban J connectivity index is 1.37. The van der Waals surface area contributed by atoms with E-state index in [1.807, 2.05) is 30.3 Å². The maximum absolute atomic E-state index is 5.79. The topological polar surface area (TPSA) is 66.1 Å². The molecule has 7 heteroatoms. The third-order valence-corrected chi connectivity index (χ3v) is 5.42. The van der Waals surface area contributed by atoms with Crippen molar-refractivity contribution >= 4 is 22.1 Å². The van der Waals surface area contributed by atoms with Crippen LogP contribution in [-0.4, -0.2) is 39.4 Å². The molecule has 1 N–H and O–H groups in total. The summed E-state index contributed by atoms with van der Waals surface area (Å²) in [6, 6.07) is 14.4. The largest absolute Gasteiger partial charge is 0.497 e. The van der Waals surface area contributed by atoms with Crippen LogP contribution in [0.3, 0.4) is 0 Å². The first-order chi connectivity index (χ1) is 13.7. The van der Waals surface area contributed by atoms with E-state index < -0.39 is 0 Å². The Morgan fingerprint density at radius 2 is 2.00 bits per heavy atom. The van der Waals surface area contributed by atoms with Gasteiger partial charge in [-0.15, -0.1) is 0 Å². The summed E-state index contributed by atoms with van der Waals surface area (Å²) in [6.07, 6.45) is 0. The molecule has 5 rings (SSSR count). The van der Waals surface area contributed by atoms with E-state index in [-0.39, 0.29) is 6.04 Å². The van der Waals surface area contributed by atoms with Crippen molar-refractivity contribution < 1.29 is 9.47 Å². The summed E-state index contributed by atoms with van der Waals surface area (Å²) < 4.78 is 15.6. The van der Waals surface area contributed by atoms with Gasteiger partial charge in [0.15, 0.2) is 0 Å². The second kappa shape index (κ2) is 6.92. The van der Waals surface area contributed by atoms with E-state index in [4.69, 9.17) is 19.4 Å². The van der Waals surface area contributed by atoms with Crippen molar-refractivity contribution in [2.24, 2.45) is 7.05 Å². The summed E-state index contributed by atoms with van der Waals surface area (Å²) in [4.78, 5) is 9.46. The summed E-state index contributed by atoms with van der Waals surface area (Å²) in [6.45, 7) is 2.68. The zero-order valence-electron chi connectivity index (χ0n) is 16.1. The lowest BCUT2D eigenvalue weighted by atomic mass is 10.2. The zero-order valence-corrected chi connectivity index (χ0v) is 16.1. The first-order valence-electron chi connectivity index (χ1n) is 9.48. The predicted molar refractivity (Wildman–Crippen MR) is 107 cm³/mol. The minimum atomic E-state index is 0.176. The van der Waals surface area contributed by atoms with Gasteiger partial charge in [-0.1, -0.05) is 12.1 Å². The van der Waals surface area contributed by atoms with Crippen LogP contribution in [0.4, 0.5) is 0 Å². The third-order valence-electron chi connectivity index (χ3n) is 5.42. The van der Waals surface area contributed by atoms with Crippen LogP contribution in [0.15, 0.2) is 42.5 Å². The van der Waals surface area contributed by atoms with Gasteiger partial charge in [0.1, 0.15) is 24.0 Å². The molecule has 3 heterocycles. The van der Waals surface area contributed by atoms with Gasteiger partial charge in [0.05, 0.1) is 48.4 Å². The number of benzene rings is 2. The Morgan fingerprint density at radius 1 is 1.14 bits per heavy atom. The number of aromatic nitrogens is 4. The smallest absolute Gasteiger partial charge is 0.136 e. The van der Waals surface area contributed by atoms with E-state index in [9.17, 15) is 0 Å². The van der Waals surface area contributed by atoms with Gasteiger partial charge in [-0.25, -0.2) is 9.97 Å². The average molecular weight is 377 g/mol. The number of nitrogens with one attached hydrogen (secondary N) is 1. The van der Waals surface area contributed by atoms with Gasteiger partial charge >= 0.3 is 0 Å². The Kier molecular flexibility index (Phi) is 4.26. The van der Waals surface area contributed by atoms with E-state index in [0.29, 0.717) is 19.8 Å². The van der Waals surface area contributed by atoms with Crippen LogP contribution in [0.1, 0.15) is 17.7 Å². The molecular formula is C21H23N5O2. The molecule has 0 saturated carbocycles. The second-order valence-electron chi connectivity index (χ2n) is 7.13. The number of ether oxygens (including phenoxy) is 2. The highest BCUT2D eigenvalue weighted by atomic mass is 16.5. The Labute approximate surface area is 162 Å². The average Bonchev–Trinajstić information content (AvgIpc) is 3.26. The van der Waals surface area contributed by atoms with Crippen LogP contribution in [0.25, 0.3) is 22.1 Å². The molecule has 0 radical (unpaired) electrons. The predicted octanol–water partition coefficient (Wildman–Crippen LogP) is 2.79. The van der Waals surface area contributed by atoms with Crippen molar-refractivity contribution in [2.45, 2.75) is 19.2 Å². The van der Waals surface area contributed by atoms with Crippen LogP contribution < -0.4 is 10.1 Å². The molecule has 0 amide bonds. The fourth-order valence-corrected chi connectivity index (χ4v) is 3.97. The maximum atomic E-state index is 5.79. The SMILES string of the molecule is COc1ccc2nc3n(c2c1)[C@@H](CNCc1nc2ccccc2n1C)COC3. The normalized spacial score (nSPS) is 16.6. The molecule has 7 nitrogen and oxygen atoms in total. The number of methoxy groups -OCH3 is 1. The monoisotopic (exact) mass is 377 g/mol. The number of aryl methyl sites for hydroxylation is 1. The minimum absolute atomic E-state index is 0.176. The number of nitrogens with zero attached hydrogens (tertiary/aromatic N) is 4. The van der Waals surface area contributed by atoms with E-state index in [2.05, 4.69) is 33.6 Å². The summed E-state index contributed by atoms with van der Waals surface area (Å²) in [5.74, 6) is 2.83. The molecule has 0 spiro atoms.